The van der Waals surface area contributed by atoms with Crippen molar-refractivity contribution in [3.05, 3.63) is 39.3 Å². The molecule has 2 rings (SSSR count). The van der Waals surface area contributed by atoms with Crippen LogP contribution in [0.1, 0.15) is 0 Å². The van der Waals surface area contributed by atoms with Crippen molar-refractivity contribution in [3.63, 3.8) is 0 Å². The van der Waals surface area contributed by atoms with Gasteiger partial charge in [0.05, 0.1) is 0 Å². The lowest BCUT2D eigenvalue weighted by atomic mass is 10.3. The van der Waals surface area contributed by atoms with Gasteiger partial charge in [-0.1, -0.05) is 24.4 Å². The standard InChI is InChI=1S/C8H6N2O3S/c11-7-8(14)10(13)6-4-2-1-3-5(6)9(7)12/h1-4,12-13H. The van der Waals surface area contributed by atoms with Crippen LogP contribution in [0.25, 0.3) is 11.0 Å². The molecule has 72 valence electrons. The molecule has 0 atom stereocenters. The van der Waals surface area contributed by atoms with Crippen LogP contribution in [0.5, 0.6) is 0 Å². The zero-order valence-corrected chi connectivity index (χ0v) is 7.73. The molecule has 1 aromatic carbocycles. The molecule has 0 radical (unpaired) electrons. The highest BCUT2D eigenvalue weighted by Crippen LogP contribution is 2.09. The first-order valence-corrected chi connectivity index (χ1v) is 4.19. The number of para-hydroxylation sites is 2. The van der Waals surface area contributed by atoms with Gasteiger partial charge in [0.2, 0.25) is 4.64 Å². The maximum absolute atomic E-state index is 11.2. The van der Waals surface area contributed by atoms with E-state index >= 15 is 0 Å². The summed E-state index contributed by atoms with van der Waals surface area (Å²) in [7, 11) is 0. The van der Waals surface area contributed by atoms with Crippen molar-refractivity contribution in [2.45, 2.75) is 0 Å². The molecule has 0 bridgehead atoms. The van der Waals surface area contributed by atoms with E-state index in [0.29, 0.717) is 9.46 Å². The van der Waals surface area contributed by atoms with E-state index in [1.165, 1.54) is 12.1 Å². The van der Waals surface area contributed by atoms with Crippen molar-refractivity contribution >= 4 is 23.3 Å². The average molecular weight is 210 g/mol. The van der Waals surface area contributed by atoms with Crippen LogP contribution in [-0.2, 0) is 0 Å². The lowest BCUT2D eigenvalue weighted by Gasteiger charge is -2.05. The van der Waals surface area contributed by atoms with Gasteiger partial charge in [0.15, 0.2) is 0 Å². The van der Waals surface area contributed by atoms with Gasteiger partial charge >= 0.3 is 5.56 Å². The van der Waals surface area contributed by atoms with Crippen LogP contribution in [0, 0.1) is 4.64 Å². The van der Waals surface area contributed by atoms with Crippen molar-refractivity contribution in [2.75, 3.05) is 0 Å². The Morgan fingerprint density at radius 3 is 2.14 bits per heavy atom. The maximum Gasteiger partial charge on any atom is 0.321 e. The molecular formula is C8H6N2O3S. The summed E-state index contributed by atoms with van der Waals surface area (Å²) in [4.78, 5) is 11.2. The Balaban J connectivity index is 3.19. The maximum atomic E-state index is 11.2. The van der Waals surface area contributed by atoms with Crippen LogP contribution >= 0.6 is 12.2 Å². The van der Waals surface area contributed by atoms with Gasteiger partial charge in [0.25, 0.3) is 0 Å². The highest BCUT2D eigenvalue weighted by molar-refractivity contribution is 7.71. The highest BCUT2D eigenvalue weighted by Gasteiger charge is 2.07. The molecule has 0 spiro atoms. The fraction of sp³-hybridized carbons (Fsp3) is 0. The first-order chi connectivity index (χ1) is 6.63. The van der Waals surface area contributed by atoms with E-state index in [4.69, 9.17) is 0 Å². The van der Waals surface area contributed by atoms with Crippen molar-refractivity contribution < 1.29 is 10.4 Å². The third-order valence-electron chi connectivity index (χ3n) is 1.91. The second kappa shape index (κ2) is 2.85. The molecule has 1 heterocycles. The third kappa shape index (κ3) is 1.01. The summed E-state index contributed by atoms with van der Waals surface area (Å²) in [6.07, 6.45) is 0. The molecule has 0 saturated carbocycles. The quantitative estimate of drug-likeness (QED) is 0.503. The Hall–Kier alpha value is -1.82. The van der Waals surface area contributed by atoms with Gasteiger partial charge in [-0.25, -0.2) is 0 Å². The molecule has 0 aliphatic carbocycles. The van der Waals surface area contributed by atoms with Gasteiger partial charge in [0.1, 0.15) is 11.0 Å². The first kappa shape index (κ1) is 8.76. The predicted molar refractivity (Wildman–Crippen MR) is 51.4 cm³/mol. The normalized spacial score (nSPS) is 10.6. The predicted octanol–water partition coefficient (Wildman–Crippen LogP) is 1.01. The van der Waals surface area contributed by atoms with E-state index in [-0.39, 0.29) is 15.7 Å². The van der Waals surface area contributed by atoms with E-state index in [1.54, 1.807) is 12.1 Å². The molecule has 0 fully saturated rings. The van der Waals surface area contributed by atoms with Crippen LogP contribution in [0.2, 0.25) is 0 Å². The number of hydrogen-bond acceptors (Lipinski definition) is 4. The molecule has 5 nitrogen and oxygen atoms in total. The fourth-order valence-corrected chi connectivity index (χ4v) is 1.41. The van der Waals surface area contributed by atoms with Gasteiger partial charge in [-0.3, -0.25) is 4.79 Å². The third-order valence-corrected chi connectivity index (χ3v) is 2.25. The zero-order chi connectivity index (χ0) is 10.3. The number of rotatable bonds is 0. The Labute approximate surface area is 83.0 Å². The molecular weight excluding hydrogens is 204 g/mol. The molecule has 6 heteroatoms. The fourth-order valence-electron chi connectivity index (χ4n) is 1.22. The van der Waals surface area contributed by atoms with Gasteiger partial charge in [-0.05, 0) is 12.1 Å². The summed E-state index contributed by atoms with van der Waals surface area (Å²) in [5.74, 6) is 0. The smallest absolute Gasteiger partial charge is 0.321 e. The Morgan fingerprint density at radius 2 is 1.57 bits per heavy atom. The number of fused-ring (bicyclic) bond motifs is 1. The average Bonchev–Trinajstić information content (AvgIpc) is 2.23. The zero-order valence-electron chi connectivity index (χ0n) is 6.91. The topological polar surface area (TPSA) is 67.4 Å². The number of benzene rings is 1. The summed E-state index contributed by atoms with van der Waals surface area (Å²) in [6.45, 7) is 0. The largest absolute Gasteiger partial charge is 0.427 e. The monoisotopic (exact) mass is 210 g/mol. The molecule has 0 unspecified atom stereocenters. The van der Waals surface area contributed by atoms with Gasteiger partial charge in [-0.2, -0.15) is 4.73 Å². The first-order valence-electron chi connectivity index (χ1n) is 3.78. The van der Waals surface area contributed by atoms with E-state index in [2.05, 4.69) is 12.2 Å². The summed E-state index contributed by atoms with van der Waals surface area (Å²) in [5.41, 5.74) is -0.339. The van der Waals surface area contributed by atoms with Crippen LogP contribution in [0.3, 0.4) is 0 Å². The molecule has 0 aliphatic heterocycles. The van der Waals surface area contributed by atoms with E-state index < -0.39 is 5.56 Å². The minimum absolute atomic E-state index is 0.202. The SMILES string of the molecule is O=c1c(=S)n(O)c2ccccc2n1O. The summed E-state index contributed by atoms with van der Waals surface area (Å²) < 4.78 is 0.649. The molecule has 14 heavy (non-hydrogen) atoms. The van der Waals surface area contributed by atoms with Gasteiger partial charge < -0.3 is 10.4 Å². The van der Waals surface area contributed by atoms with Crippen LogP contribution in [-0.4, -0.2) is 19.9 Å². The van der Waals surface area contributed by atoms with E-state index in [9.17, 15) is 15.2 Å². The summed E-state index contributed by atoms with van der Waals surface area (Å²) in [5, 5.41) is 18.8. The Kier molecular flexibility index (Phi) is 1.78. The molecule has 2 aromatic rings. The van der Waals surface area contributed by atoms with Crippen molar-refractivity contribution in [1.82, 2.24) is 9.46 Å². The lowest BCUT2D eigenvalue weighted by molar-refractivity contribution is 0.162. The minimum Gasteiger partial charge on any atom is -0.427 e. The number of aromatic nitrogens is 2. The highest BCUT2D eigenvalue weighted by atomic mass is 32.1. The molecule has 0 amide bonds. The second-order valence-corrected chi connectivity index (χ2v) is 3.11. The van der Waals surface area contributed by atoms with E-state index in [0.717, 1.165) is 0 Å². The molecule has 0 saturated heterocycles. The molecule has 0 aliphatic rings. The van der Waals surface area contributed by atoms with Gasteiger partial charge in [0, 0.05) is 0 Å². The summed E-state index contributed by atoms with van der Waals surface area (Å²) >= 11 is 4.63. The second-order valence-electron chi connectivity index (χ2n) is 2.72. The van der Waals surface area contributed by atoms with Gasteiger partial charge in [-0.15, -0.1) is 4.73 Å². The van der Waals surface area contributed by atoms with Crippen molar-refractivity contribution in [3.8, 4) is 0 Å². The Bertz CT molecular complexity index is 559. The van der Waals surface area contributed by atoms with Crippen LogP contribution < -0.4 is 5.56 Å². The summed E-state index contributed by atoms with van der Waals surface area (Å²) in [6, 6.07) is 6.33. The number of nitrogens with zero attached hydrogens (tertiary/aromatic N) is 2. The lowest BCUT2D eigenvalue weighted by Crippen LogP contribution is -2.23. The van der Waals surface area contributed by atoms with Crippen LogP contribution in [0.15, 0.2) is 29.1 Å². The van der Waals surface area contributed by atoms with Crippen molar-refractivity contribution in [2.24, 2.45) is 0 Å². The minimum atomic E-state index is -0.818. The molecule has 2 N–H and O–H groups in total. The number of hydrogen-bond donors (Lipinski definition) is 2. The van der Waals surface area contributed by atoms with Crippen LogP contribution in [0.4, 0.5) is 0 Å². The molecule has 1 aromatic heterocycles. The van der Waals surface area contributed by atoms with E-state index in [1.807, 2.05) is 0 Å². The Morgan fingerprint density at radius 1 is 1.07 bits per heavy atom. The van der Waals surface area contributed by atoms with Crippen molar-refractivity contribution in [1.29, 1.82) is 0 Å².